The molecular weight excluding hydrogens is 333 g/mol. The summed E-state index contributed by atoms with van der Waals surface area (Å²) in [5, 5.41) is 0. The van der Waals surface area contributed by atoms with Gasteiger partial charge in [0, 0.05) is 32.2 Å². The van der Waals surface area contributed by atoms with Crippen LogP contribution in [-0.4, -0.2) is 32.0 Å². The second-order valence-corrected chi connectivity index (χ2v) is 6.31. The molecule has 0 aliphatic rings. The lowest BCUT2D eigenvalue weighted by molar-refractivity contribution is -0.404. The summed E-state index contributed by atoms with van der Waals surface area (Å²) in [5.41, 5.74) is 0. The molecule has 0 aromatic rings. The van der Waals surface area contributed by atoms with E-state index in [1.54, 1.807) is 20.8 Å². The minimum Gasteiger partial charge on any atom is -0.328 e. The van der Waals surface area contributed by atoms with Gasteiger partial charge >= 0.3 is 6.18 Å². The average Bonchev–Trinajstić information content (AvgIpc) is 2.53. The van der Waals surface area contributed by atoms with E-state index in [2.05, 4.69) is 6.92 Å². The minimum absolute atomic E-state index is 0.0432. The maximum Gasteiger partial charge on any atom is 0.389 e. The highest BCUT2D eigenvalue weighted by atomic mass is 19.4. The molecule has 0 saturated carbocycles. The summed E-state index contributed by atoms with van der Waals surface area (Å²) in [7, 11) is 0. The van der Waals surface area contributed by atoms with Gasteiger partial charge in [0.25, 0.3) is 5.97 Å². The maximum atomic E-state index is 12.8. The zero-order valence-electron chi connectivity index (χ0n) is 16.4. The first-order valence-corrected chi connectivity index (χ1v) is 9.83. The largest absolute Gasteiger partial charge is 0.389 e. The number of halogens is 3. The molecule has 0 amide bonds. The van der Waals surface area contributed by atoms with Crippen LogP contribution in [0.2, 0.25) is 0 Å². The summed E-state index contributed by atoms with van der Waals surface area (Å²) in [6, 6.07) is 0. The lowest BCUT2D eigenvalue weighted by atomic mass is 9.92. The highest BCUT2D eigenvalue weighted by Gasteiger charge is 2.43. The predicted molar refractivity (Wildman–Crippen MR) is 94.4 cm³/mol. The molecule has 152 valence electrons. The van der Waals surface area contributed by atoms with Crippen LogP contribution < -0.4 is 0 Å². The number of ether oxygens (including phenoxy) is 3. The lowest BCUT2D eigenvalue weighted by Crippen LogP contribution is -2.47. The Morgan fingerprint density at radius 1 is 0.680 bits per heavy atom. The fourth-order valence-corrected chi connectivity index (χ4v) is 3.09. The van der Waals surface area contributed by atoms with Gasteiger partial charge in [0.2, 0.25) is 0 Å². The van der Waals surface area contributed by atoms with Crippen LogP contribution >= 0.6 is 0 Å². The first-order chi connectivity index (χ1) is 11.8. The summed E-state index contributed by atoms with van der Waals surface area (Å²) >= 11 is 0. The van der Waals surface area contributed by atoms with Crippen molar-refractivity contribution in [3.63, 3.8) is 0 Å². The lowest BCUT2D eigenvalue weighted by Gasteiger charge is -2.39. The van der Waals surface area contributed by atoms with Gasteiger partial charge in [-0.2, -0.15) is 13.2 Å². The Kier molecular flexibility index (Phi) is 13.6. The summed E-state index contributed by atoms with van der Waals surface area (Å²) in [6.45, 7) is 8.57. The van der Waals surface area contributed by atoms with Crippen molar-refractivity contribution < 1.29 is 27.4 Å². The quantitative estimate of drug-likeness (QED) is 0.230. The summed E-state index contributed by atoms with van der Waals surface area (Å²) < 4.78 is 55.5. The number of hydrogen-bond donors (Lipinski definition) is 0. The second kappa shape index (κ2) is 13.8. The maximum absolute atomic E-state index is 12.8. The average molecular weight is 370 g/mol. The van der Waals surface area contributed by atoms with Crippen molar-refractivity contribution in [2.24, 2.45) is 5.92 Å². The van der Waals surface area contributed by atoms with Gasteiger partial charge in [0.1, 0.15) is 0 Å². The van der Waals surface area contributed by atoms with Crippen LogP contribution in [0.5, 0.6) is 0 Å². The molecular formula is C19H37F3O3. The van der Waals surface area contributed by atoms with E-state index >= 15 is 0 Å². The normalized spacial score (nSPS) is 14.0. The fourth-order valence-electron chi connectivity index (χ4n) is 3.09. The standard InChI is InChI=1S/C19H37F3O3/c1-5-9-10-11-12-13-14-17(15-16-18(20,21)22)19(23-6-2,24-7-3)25-8-4/h17H,5-16H2,1-4H3/t17-/m1/s1. The number of unbranched alkanes of at least 4 members (excludes halogenated alkanes) is 5. The third-order valence-electron chi connectivity index (χ3n) is 4.22. The molecule has 0 aromatic heterocycles. The van der Waals surface area contributed by atoms with Crippen molar-refractivity contribution in [3.05, 3.63) is 0 Å². The van der Waals surface area contributed by atoms with Gasteiger partial charge in [-0.3, -0.25) is 0 Å². The summed E-state index contributed by atoms with van der Waals surface area (Å²) in [4.78, 5) is 0. The molecule has 0 radical (unpaired) electrons. The Morgan fingerprint density at radius 3 is 1.60 bits per heavy atom. The van der Waals surface area contributed by atoms with Gasteiger partial charge in [-0.15, -0.1) is 0 Å². The van der Waals surface area contributed by atoms with Crippen LogP contribution in [0.1, 0.15) is 85.5 Å². The van der Waals surface area contributed by atoms with E-state index in [1.165, 1.54) is 19.3 Å². The van der Waals surface area contributed by atoms with Gasteiger partial charge in [-0.05, 0) is 33.6 Å². The Balaban J connectivity index is 4.94. The van der Waals surface area contributed by atoms with Crippen molar-refractivity contribution in [1.29, 1.82) is 0 Å². The van der Waals surface area contributed by atoms with E-state index in [-0.39, 0.29) is 6.42 Å². The van der Waals surface area contributed by atoms with E-state index in [0.29, 0.717) is 26.2 Å². The number of hydrogen-bond acceptors (Lipinski definition) is 3. The van der Waals surface area contributed by atoms with E-state index in [9.17, 15) is 13.2 Å². The first-order valence-electron chi connectivity index (χ1n) is 9.83. The van der Waals surface area contributed by atoms with Crippen molar-refractivity contribution in [2.45, 2.75) is 97.6 Å². The molecule has 3 nitrogen and oxygen atoms in total. The van der Waals surface area contributed by atoms with E-state index in [0.717, 1.165) is 19.3 Å². The molecule has 1 atom stereocenters. The van der Waals surface area contributed by atoms with Crippen molar-refractivity contribution in [1.82, 2.24) is 0 Å². The molecule has 0 fully saturated rings. The van der Waals surface area contributed by atoms with E-state index < -0.39 is 24.5 Å². The van der Waals surface area contributed by atoms with Crippen molar-refractivity contribution >= 4 is 0 Å². The Bertz CT molecular complexity index is 292. The van der Waals surface area contributed by atoms with Crippen molar-refractivity contribution in [3.8, 4) is 0 Å². The minimum atomic E-state index is -4.18. The molecule has 0 rings (SSSR count). The van der Waals surface area contributed by atoms with Crippen LogP contribution in [0.4, 0.5) is 13.2 Å². The molecule has 6 heteroatoms. The van der Waals surface area contributed by atoms with Crippen LogP contribution in [0.15, 0.2) is 0 Å². The molecule has 0 N–H and O–H groups in total. The van der Waals surface area contributed by atoms with E-state index in [4.69, 9.17) is 14.2 Å². The van der Waals surface area contributed by atoms with Crippen LogP contribution in [0.25, 0.3) is 0 Å². The zero-order chi connectivity index (χ0) is 19.2. The number of alkyl halides is 3. The van der Waals surface area contributed by atoms with Gasteiger partial charge < -0.3 is 14.2 Å². The number of rotatable bonds is 16. The Morgan fingerprint density at radius 2 is 1.16 bits per heavy atom. The summed E-state index contributed by atoms with van der Waals surface area (Å²) in [5.74, 6) is -1.80. The third kappa shape index (κ3) is 11.1. The fraction of sp³-hybridized carbons (Fsp3) is 1.00. The Labute approximate surface area is 151 Å². The molecule has 0 unspecified atom stereocenters. The molecule has 0 heterocycles. The van der Waals surface area contributed by atoms with Crippen LogP contribution in [0, 0.1) is 5.92 Å². The van der Waals surface area contributed by atoms with Gasteiger partial charge in [-0.25, -0.2) is 0 Å². The highest BCUT2D eigenvalue weighted by molar-refractivity contribution is 4.74. The molecule has 0 aliphatic carbocycles. The topological polar surface area (TPSA) is 27.7 Å². The zero-order valence-corrected chi connectivity index (χ0v) is 16.4. The van der Waals surface area contributed by atoms with Gasteiger partial charge in [0.05, 0.1) is 0 Å². The first kappa shape index (κ1) is 24.7. The predicted octanol–water partition coefficient (Wildman–Crippen LogP) is 6.46. The molecule has 0 bridgehead atoms. The smallest absolute Gasteiger partial charge is 0.328 e. The molecule has 0 aromatic carbocycles. The molecule has 0 aliphatic heterocycles. The van der Waals surface area contributed by atoms with Gasteiger partial charge in [0.15, 0.2) is 0 Å². The molecule has 0 saturated heterocycles. The highest BCUT2D eigenvalue weighted by Crippen LogP contribution is 2.36. The SMILES string of the molecule is CCCCCCCC[C@H](CCC(F)(F)F)C(OCC)(OCC)OCC. The Hall–Kier alpha value is -0.330. The van der Waals surface area contributed by atoms with Crippen LogP contribution in [-0.2, 0) is 14.2 Å². The van der Waals surface area contributed by atoms with Gasteiger partial charge in [-0.1, -0.05) is 45.4 Å². The van der Waals surface area contributed by atoms with E-state index in [1.807, 2.05) is 0 Å². The molecule has 0 spiro atoms. The third-order valence-corrected chi connectivity index (χ3v) is 4.22. The summed E-state index contributed by atoms with van der Waals surface area (Å²) in [6.07, 6.45) is 2.10. The monoisotopic (exact) mass is 370 g/mol. The second-order valence-electron chi connectivity index (χ2n) is 6.31. The molecule has 25 heavy (non-hydrogen) atoms. The van der Waals surface area contributed by atoms with Crippen molar-refractivity contribution in [2.75, 3.05) is 19.8 Å². The van der Waals surface area contributed by atoms with Crippen LogP contribution in [0.3, 0.4) is 0 Å².